The lowest BCUT2D eigenvalue weighted by molar-refractivity contribution is 0.140. The van der Waals surface area contributed by atoms with Crippen molar-refractivity contribution in [2.45, 2.75) is 52.5 Å². The Balaban J connectivity index is 1.52. The van der Waals surface area contributed by atoms with Crippen LogP contribution in [0.3, 0.4) is 0 Å². The smallest absolute Gasteiger partial charge is 0.123 e. The van der Waals surface area contributed by atoms with E-state index in [-0.39, 0.29) is 5.82 Å². The maximum atomic E-state index is 13.0. The highest BCUT2D eigenvalue weighted by Crippen LogP contribution is 2.26. The van der Waals surface area contributed by atoms with E-state index in [1.807, 2.05) is 26.0 Å². The number of halogens is 1. The summed E-state index contributed by atoms with van der Waals surface area (Å²) < 4.78 is 13.0. The van der Waals surface area contributed by atoms with E-state index < -0.39 is 0 Å². The molecule has 1 unspecified atom stereocenters. The summed E-state index contributed by atoms with van der Waals surface area (Å²) in [7, 11) is 0. The molecular formula is C23H30FNO. The molecule has 0 aliphatic carbocycles. The van der Waals surface area contributed by atoms with E-state index in [1.165, 1.54) is 24.0 Å². The number of likely N-dealkylation sites (tertiary alicyclic amines) is 1. The van der Waals surface area contributed by atoms with E-state index in [0.29, 0.717) is 17.7 Å². The zero-order valence-electron chi connectivity index (χ0n) is 16.1. The fraction of sp³-hybridized carbons (Fsp3) is 0.478. The fourth-order valence-corrected chi connectivity index (χ4v) is 4.19. The number of rotatable bonds is 5. The quantitative estimate of drug-likeness (QED) is 0.813. The first kappa shape index (κ1) is 18.9. The predicted octanol–water partition coefficient (Wildman–Crippen LogP) is 5.03. The van der Waals surface area contributed by atoms with Gasteiger partial charge in [-0.25, -0.2) is 4.39 Å². The summed E-state index contributed by atoms with van der Waals surface area (Å²) in [6.07, 6.45) is 4.48. The van der Waals surface area contributed by atoms with Gasteiger partial charge in [0.15, 0.2) is 0 Å². The minimum Gasteiger partial charge on any atom is -0.507 e. The summed E-state index contributed by atoms with van der Waals surface area (Å²) >= 11 is 0. The Bertz CT molecular complexity index is 709. The summed E-state index contributed by atoms with van der Waals surface area (Å²) in [5.41, 5.74) is 4.47. The van der Waals surface area contributed by atoms with Crippen LogP contribution in [0.25, 0.3) is 0 Å². The Labute approximate surface area is 156 Å². The number of piperidine rings is 1. The number of hydrogen-bond donors (Lipinski definition) is 1. The number of phenolic OH excluding ortho intramolecular Hbond substituents is 1. The molecule has 0 amide bonds. The number of aromatic hydroxyl groups is 1. The van der Waals surface area contributed by atoms with Crippen LogP contribution < -0.4 is 0 Å². The van der Waals surface area contributed by atoms with Crippen molar-refractivity contribution in [2.24, 2.45) is 5.92 Å². The van der Waals surface area contributed by atoms with Crippen LogP contribution >= 0.6 is 0 Å². The highest BCUT2D eigenvalue weighted by molar-refractivity contribution is 5.42. The molecule has 2 nitrogen and oxygen atoms in total. The lowest BCUT2D eigenvalue weighted by Crippen LogP contribution is -2.41. The minimum absolute atomic E-state index is 0.155. The van der Waals surface area contributed by atoms with E-state index in [4.69, 9.17) is 0 Å². The number of hydrogen-bond acceptors (Lipinski definition) is 2. The third-order valence-corrected chi connectivity index (χ3v) is 5.79. The second-order valence-corrected chi connectivity index (χ2v) is 7.94. The molecular weight excluding hydrogens is 325 g/mol. The van der Waals surface area contributed by atoms with Gasteiger partial charge >= 0.3 is 0 Å². The van der Waals surface area contributed by atoms with Crippen LogP contribution in [0.4, 0.5) is 4.39 Å². The Morgan fingerprint density at radius 3 is 2.19 bits per heavy atom. The second kappa shape index (κ2) is 8.22. The average Bonchev–Trinajstić information content (AvgIpc) is 2.62. The SMILES string of the molecule is Cc1cc(CC(C)N2CCC(Cc3ccc(F)cc3)CC2)cc(C)c1O. The molecule has 0 bridgehead atoms. The molecule has 140 valence electrons. The molecule has 26 heavy (non-hydrogen) atoms. The van der Waals surface area contributed by atoms with E-state index in [0.717, 1.165) is 37.1 Å². The maximum absolute atomic E-state index is 13.0. The Morgan fingerprint density at radius 2 is 1.62 bits per heavy atom. The van der Waals surface area contributed by atoms with Gasteiger partial charge in [0.2, 0.25) is 0 Å². The standard InChI is InChI=1S/C23H30FNO/c1-16-12-21(13-17(2)23(16)26)14-18(3)25-10-8-20(9-11-25)15-19-4-6-22(24)7-5-19/h4-7,12-13,18,20,26H,8-11,14-15H2,1-3H3. The number of benzene rings is 2. The van der Waals surface area contributed by atoms with Crippen molar-refractivity contribution in [1.82, 2.24) is 4.90 Å². The molecule has 1 aliphatic heterocycles. The van der Waals surface area contributed by atoms with Gasteiger partial charge in [0.1, 0.15) is 11.6 Å². The van der Waals surface area contributed by atoms with Gasteiger partial charge in [-0.3, -0.25) is 0 Å². The molecule has 1 fully saturated rings. The van der Waals surface area contributed by atoms with Crippen molar-refractivity contribution < 1.29 is 9.50 Å². The van der Waals surface area contributed by atoms with Crippen molar-refractivity contribution in [3.05, 3.63) is 64.5 Å². The topological polar surface area (TPSA) is 23.5 Å². The van der Waals surface area contributed by atoms with Crippen LogP contribution in [0.2, 0.25) is 0 Å². The van der Waals surface area contributed by atoms with Crippen LogP contribution in [0, 0.1) is 25.6 Å². The van der Waals surface area contributed by atoms with Gasteiger partial charge in [-0.05, 0) is 99.8 Å². The zero-order valence-corrected chi connectivity index (χ0v) is 16.1. The lowest BCUT2D eigenvalue weighted by atomic mass is 9.89. The largest absolute Gasteiger partial charge is 0.507 e. The molecule has 1 N–H and O–H groups in total. The van der Waals surface area contributed by atoms with Gasteiger partial charge in [0, 0.05) is 6.04 Å². The Morgan fingerprint density at radius 1 is 1.04 bits per heavy atom. The summed E-state index contributed by atoms with van der Waals surface area (Å²) in [6.45, 7) is 8.50. The molecule has 2 aromatic carbocycles. The molecule has 3 heteroatoms. The molecule has 1 atom stereocenters. The summed E-state index contributed by atoms with van der Waals surface area (Å²) in [5, 5.41) is 9.95. The first-order chi connectivity index (χ1) is 12.4. The Kier molecular flexibility index (Phi) is 5.98. The van der Waals surface area contributed by atoms with Crippen molar-refractivity contribution in [2.75, 3.05) is 13.1 Å². The van der Waals surface area contributed by atoms with Crippen LogP contribution in [0.15, 0.2) is 36.4 Å². The van der Waals surface area contributed by atoms with Crippen molar-refractivity contribution in [3.63, 3.8) is 0 Å². The van der Waals surface area contributed by atoms with Gasteiger partial charge < -0.3 is 10.0 Å². The molecule has 1 heterocycles. The van der Waals surface area contributed by atoms with E-state index in [1.54, 1.807) is 12.1 Å². The van der Waals surface area contributed by atoms with Gasteiger partial charge in [-0.1, -0.05) is 24.3 Å². The third kappa shape index (κ3) is 4.64. The minimum atomic E-state index is -0.155. The molecule has 1 aliphatic rings. The number of aryl methyl sites for hydroxylation is 2. The van der Waals surface area contributed by atoms with E-state index >= 15 is 0 Å². The van der Waals surface area contributed by atoms with Crippen molar-refractivity contribution >= 4 is 0 Å². The van der Waals surface area contributed by atoms with Gasteiger partial charge in [0.05, 0.1) is 0 Å². The highest BCUT2D eigenvalue weighted by Gasteiger charge is 2.23. The van der Waals surface area contributed by atoms with Crippen molar-refractivity contribution in [3.8, 4) is 5.75 Å². The van der Waals surface area contributed by atoms with Gasteiger partial charge in [-0.2, -0.15) is 0 Å². The van der Waals surface area contributed by atoms with Crippen LogP contribution in [-0.4, -0.2) is 29.1 Å². The highest BCUT2D eigenvalue weighted by atomic mass is 19.1. The maximum Gasteiger partial charge on any atom is 0.123 e. The van der Waals surface area contributed by atoms with Crippen LogP contribution in [-0.2, 0) is 12.8 Å². The fourth-order valence-electron chi connectivity index (χ4n) is 4.19. The molecule has 3 rings (SSSR count). The van der Waals surface area contributed by atoms with E-state index in [2.05, 4.69) is 24.0 Å². The molecule has 0 saturated carbocycles. The molecule has 0 radical (unpaired) electrons. The van der Waals surface area contributed by atoms with Gasteiger partial charge in [0.25, 0.3) is 0 Å². The zero-order chi connectivity index (χ0) is 18.7. The molecule has 0 spiro atoms. The second-order valence-electron chi connectivity index (χ2n) is 7.94. The molecule has 0 aromatic heterocycles. The normalized spacial score (nSPS) is 17.4. The first-order valence-electron chi connectivity index (χ1n) is 9.70. The summed E-state index contributed by atoms with van der Waals surface area (Å²) in [6, 6.07) is 11.7. The number of phenols is 1. The first-order valence-corrected chi connectivity index (χ1v) is 9.70. The van der Waals surface area contributed by atoms with Crippen LogP contribution in [0.1, 0.15) is 42.0 Å². The van der Waals surface area contributed by atoms with E-state index in [9.17, 15) is 9.50 Å². The third-order valence-electron chi connectivity index (χ3n) is 5.79. The van der Waals surface area contributed by atoms with Crippen LogP contribution in [0.5, 0.6) is 5.75 Å². The van der Waals surface area contributed by atoms with Crippen molar-refractivity contribution in [1.29, 1.82) is 0 Å². The number of nitrogens with zero attached hydrogens (tertiary/aromatic N) is 1. The summed E-state index contributed by atoms with van der Waals surface area (Å²) in [4.78, 5) is 2.58. The summed E-state index contributed by atoms with van der Waals surface area (Å²) in [5.74, 6) is 0.960. The monoisotopic (exact) mass is 355 g/mol. The average molecular weight is 355 g/mol. The molecule has 1 saturated heterocycles. The predicted molar refractivity (Wildman–Crippen MR) is 105 cm³/mol. The Hall–Kier alpha value is -1.87. The molecule has 2 aromatic rings. The van der Waals surface area contributed by atoms with Gasteiger partial charge in [-0.15, -0.1) is 0 Å². The lowest BCUT2D eigenvalue weighted by Gasteiger charge is -2.36.